The van der Waals surface area contributed by atoms with E-state index in [1.165, 1.54) is 6.07 Å². The van der Waals surface area contributed by atoms with Gasteiger partial charge in [-0.2, -0.15) is 5.26 Å². The van der Waals surface area contributed by atoms with Crippen LogP contribution in [-0.4, -0.2) is 19.8 Å². The molecule has 2 aliphatic rings. The summed E-state index contributed by atoms with van der Waals surface area (Å²) in [4.78, 5) is 2.12. The van der Waals surface area contributed by atoms with Crippen molar-refractivity contribution in [3.63, 3.8) is 0 Å². The van der Waals surface area contributed by atoms with E-state index in [9.17, 15) is 9.65 Å². The second kappa shape index (κ2) is 6.04. The molecule has 2 aliphatic heterocycles. The van der Waals surface area contributed by atoms with E-state index >= 15 is 0 Å². The van der Waals surface area contributed by atoms with Crippen LogP contribution in [0.5, 0.6) is 11.5 Å². The highest BCUT2D eigenvalue weighted by atomic mass is 19.1. The standard InChI is InChI=1S/C19H17FN2O2/c20-15-3-1-4-17(14(15)12-21)22-8-2-5-16(22)13-6-7-18-19(11-13)24-10-9-23-18/h1,3-4,6-7,11,16H,2,5,8-10H2. The van der Waals surface area contributed by atoms with Gasteiger partial charge in [0, 0.05) is 6.54 Å². The minimum absolute atomic E-state index is 0.106. The zero-order valence-corrected chi connectivity index (χ0v) is 13.2. The van der Waals surface area contributed by atoms with E-state index in [0.29, 0.717) is 18.9 Å². The summed E-state index contributed by atoms with van der Waals surface area (Å²) in [5, 5.41) is 9.32. The first-order valence-electron chi connectivity index (χ1n) is 8.13. The Kier molecular flexibility index (Phi) is 3.73. The van der Waals surface area contributed by atoms with E-state index in [4.69, 9.17) is 9.47 Å². The Bertz CT molecular complexity index is 815. The third-order valence-electron chi connectivity index (χ3n) is 4.62. The van der Waals surface area contributed by atoms with Crippen LogP contribution in [0.4, 0.5) is 10.1 Å². The number of nitriles is 1. The van der Waals surface area contributed by atoms with Crippen molar-refractivity contribution in [1.29, 1.82) is 5.26 Å². The monoisotopic (exact) mass is 324 g/mol. The normalized spacial score (nSPS) is 19.2. The predicted octanol–water partition coefficient (Wildman–Crippen LogP) is 3.81. The molecule has 0 spiro atoms. The van der Waals surface area contributed by atoms with Gasteiger partial charge in [0.05, 0.1) is 11.7 Å². The van der Waals surface area contributed by atoms with Crippen molar-refractivity contribution >= 4 is 5.69 Å². The molecule has 122 valence electrons. The van der Waals surface area contributed by atoms with E-state index in [1.807, 2.05) is 30.3 Å². The highest BCUT2D eigenvalue weighted by molar-refractivity contribution is 5.62. The smallest absolute Gasteiger partial charge is 0.161 e. The van der Waals surface area contributed by atoms with E-state index in [1.54, 1.807) is 6.07 Å². The van der Waals surface area contributed by atoms with Crippen LogP contribution in [0.25, 0.3) is 0 Å². The van der Waals surface area contributed by atoms with Crippen molar-refractivity contribution in [2.45, 2.75) is 18.9 Å². The molecule has 24 heavy (non-hydrogen) atoms. The number of fused-ring (bicyclic) bond motifs is 1. The SMILES string of the molecule is N#Cc1c(F)cccc1N1CCCC1c1ccc2c(c1)OCCO2. The lowest BCUT2D eigenvalue weighted by Crippen LogP contribution is -2.24. The molecule has 0 saturated carbocycles. The van der Waals surface area contributed by atoms with Crippen LogP contribution in [0, 0.1) is 17.1 Å². The zero-order valence-electron chi connectivity index (χ0n) is 13.2. The average molecular weight is 324 g/mol. The molecule has 2 aromatic carbocycles. The Labute approximate surface area is 140 Å². The fraction of sp³-hybridized carbons (Fsp3) is 0.316. The number of benzene rings is 2. The van der Waals surface area contributed by atoms with Gasteiger partial charge in [0.25, 0.3) is 0 Å². The molecular weight excluding hydrogens is 307 g/mol. The van der Waals surface area contributed by atoms with E-state index in [2.05, 4.69) is 4.90 Å². The van der Waals surface area contributed by atoms with Gasteiger partial charge in [0.2, 0.25) is 0 Å². The van der Waals surface area contributed by atoms with Crippen molar-refractivity contribution in [1.82, 2.24) is 0 Å². The Morgan fingerprint density at radius 3 is 2.79 bits per heavy atom. The van der Waals surface area contributed by atoms with Gasteiger partial charge in [-0.3, -0.25) is 0 Å². The first kappa shape index (κ1) is 14.8. The first-order valence-corrected chi connectivity index (χ1v) is 8.13. The van der Waals surface area contributed by atoms with Gasteiger partial charge in [-0.1, -0.05) is 12.1 Å². The fourth-order valence-corrected chi connectivity index (χ4v) is 3.53. The van der Waals surface area contributed by atoms with Crippen LogP contribution >= 0.6 is 0 Å². The second-order valence-corrected chi connectivity index (χ2v) is 6.00. The molecular formula is C19H17FN2O2. The van der Waals surface area contributed by atoms with Gasteiger partial charge < -0.3 is 14.4 Å². The largest absolute Gasteiger partial charge is 0.486 e. The molecule has 1 fully saturated rings. The molecule has 0 aromatic heterocycles. The highest BCUT2D eigenvalue weighted by Crippen LogP contribution is 2.41. The quantitative estimate of drug-likeness (QED) is 0.843. The summed E-state index contributed by atoms with van der Waals surface area (Å²) in [6, 6.07) is 12.9. The highest BCUT2D eigenvalue weighted by Gasteiger charge is 2.29. The topological polar surface area (TPSA) is 45.5 Å². The van der Waals surface area contributed by atoms with Gasteiger partial charge in [-0.15, -0.1) is 0 Å². The zero-order chi connectivity index (χ0) is 16.5. The molecule has 0 radical (unpaired) electrons. The summed E-state index contributed by atoms with van der Waals surface area (Å²) in [6.45, 7) is 1.92. The summed E-state index contributed by atoms with van der Waals surface area (Å²) in [5.41, 5.74) is 1.88. The molecule has 1 unspecified atom stereocenters. The maximum absolute atomic E-state index is 14.0. The number of hydrogen-bond acceptors (Lipinski definition) is 4. The Hall–Kier alpha value is -2.74. The molecule has 0 bridgehead atoms. The van der Waals surface area contributed by atoms with Crippen LogP contribution < -0.4 is 14.4 Å². The lowest BCUT2D eigenvalue weighted by molar-refractivity contribution is 0.171. The number of rotatable bonds is 2. The summed E-state index contributed by atoms with van der Waals surface area (Å²) >= 11 is 0. The third kappa shape index (κ3) is 2.44. The lowest BCUT2D eigenvalue weighted by atomic mass is 10.0. The predicted molar refractivity (Wildman–Crippen MR) is 87.9 cm³/mol. The molecule has 2 heterocycles. The molecule has 1 atom stereocenters. The molecule has 4 rings (SSSR count). The van der Waals surface area contributed by atoms with Crippen LogP contribution in [0.15, 0.2) is 36.4 Å². The summed E-state index contributed by atoms with van der Waals surface area (Å²) in [6.07, 6.45) is 1.96. The Morgan fingerprint density at radius 2 is 1.96 bits per heavy atom. The number of hydrogen-bond donors (Lipinski definition) is 0. The van der Waals surface area contributed by atoms with E-state index in [0.717, 1.165) is 36.4 Å². The number of ether oxygens (including phenoxy) is 2. The van der Waals surface area contributed by atoms with Crippen molar-refractivity contribution in [3.05, 3.63) is 53.3 Å². The van der Waals surface area contributed by atoms with Gasteiger partial charge in [0.15, 0.2) is 11.5 Å². The van der Waals surface area contributed by atoms with Gasteiger partial charge in [-0.25, -0.2) is 4.39 Å². The first-order chi connectivity index (χ1) is 11.8. The number of anilines is 1. The Balaban J connectivity index is 1.71. The van der Waals surface area contributed by atoms with E-state index < -0.39 is 5.82 Å². The lowest BCUT2D eigenvalue weighted by Gasteiger charge is -2.29. The van der Waals surface area contributed by atoms with Crippen LogP contribution in [-0.2, 0) is 0 Å². The second-order valence-electron chi connectivity index (χ2n) is 6.00. The number of nitrogens with zero attached hydrogens (tertiary/aromatic N) is 2. The average Bonchev–Trinajstić information content (AvgIpc) is 3.10. The van der Waals surface area contributed by atoms with Crippen LogP contribution in [0.1, 0.15) is 30.0 Å². The molecule has 0 aliphatic carbocycles. The van der Waals surface area contributed by atoms with Crippen molar-refractivity contribution in [3.8, 4) is 17.6 Å². The third-order valence-corrected chi connectivity index (χ3v) is 4.62. The molecule has 1 saturated heterocycles. The maximum atomic E-state index is 14.0. The summed E-state index contributed by atoms with van der Waals surface area (Å²) in [7, 11) is 0. The molecule has 0 amide bonds. The van der Waals surface area contributed by atoms with Crippen molar-refractivity contribution < 1.29 is 13.9 Å². The fourth-order valence-electron chi connectivity index (χ4n) is 3.53. The maximum Gasteiger partial charge on any atom is 0.161 e. The molecule has 5 heteroatoms. The minimum atomic E-state index is -0.470. The molecule has 2 aromatic rings. The van der Waals surface area contributed by atoms with Gasteiger partial charge in [-0.05, 0) is 42.7 Å². The van der Waals surface area contributed by atoms with Crippen molar-refractivity contribution in [2.75, 3.05) is 24.7 Å². The number of halogens is 1. The Morgan fingerprint density at radius 1 is 1.12 bits per heavy atom. The van der Waals surface area contributed by atoms with Gasteiger partial charge in [0.1, 0.15) is 30.7 Å². The van der Waals surface area contributed by atoms with Crippen molar-refractivity contribution in [2.24, 2.45) is 0 Å². The van der Waals surface area contributed by atoms with Crippen LogP contribution in [0.2, 0.25) is 0 Å². The summed E-state index contributed by atoms with van der Waals surface area (Å²) < 4.78 is 25.2. The molecule has 4 nitrogen and oxygen atoms in total. The minimum Gasteiger partial charge on any atom is -0.486 e. The molecule has 0 N–H and O–H groups in total. The van der Waals surface area contributed by atoms with E-state index in [-0.39, 0.29) is 11.6 Å². The van der Waals surface area contributed by atoms with Crippen LogP contribution in [0.3, 0.4) is 0 Å². The summed E-state index contributed by atoms with van der Waals surface area (Å²) in [5.74, 6) is 1.05. The van der Waals surface area contributed by atoms with Gasteiger partial charge >= 0.3 is 0 Å².